The first-order chi connectivity index (χ1) is 14.4. The fourth-order valence-corrected chi connectivity index (χ4v) is 3.99. The van der Waals surface area contributed by atoms with E-state index in [2.05, 4.69) is 25.5 Å². The molecule has 1 aliphatic rings. The van der Waals surface area contributed by atoms with Crippen LogP contribution in [0.1, 0.15) is 35.7 Å². The van der Waals surface area contributed by atoms with E-state index in [-0.39, 0.29) is 35.9 Å². The quantitative estimate of drug-likeness (QED) is 0.330. The molecule has 0 amide bonds. The van der Waals surface area contributed by atoms with Gasteiger partial charge >= 0.3 is 6.18 Å². The highest BCUT2D eigenvalue weighted by atomic mass is 127. The summed E-state index contributed by atoms with van der Waals surface area (Å²) in [5.74, 6) is 0.939. The molecule has 3 rings (SSSR count). The van der Waals surface area contributed by atoms with Gasteiger partial charge in [0.2, 0.25) is 0 Å². The fourth-order valence-electron chi connectivity index (χ4n) is 3.99. The minimum absolute atomic E-state index is 0. The average molecular weight is 547 g/mol. The lowest BCUT2D eigenvalue weighted by atomic mass is 9.84. The highest BCUT2D eigenvalue weighted by Gasteiger charge is 2.33. The Hall–Kier alpha value is -1.88. The molecule has 2 N–H and O–H groups in total. The predicted octanol–water partition coefficient (Wildman–Crippen LogP) is 4.47. The molecule has 9 heteroatoms. The molecule has 1 aliphatic heterocycles. The lowest BCUT2D eigenvalue weighted by Crippen LogP contribution is -2.44. The summed E-state index contributed by atoms with van der Waals surface area (Å²) >= 11 is 0. The van der Waals surface area contributed by atoms with E-state index in [0.29, 0.717) is 19.0 Å². The van der Waals surface area contributed by atoms with Gasteiger partial charge in [-0.25, -0.2) is 0 Å². The van der Waals surface area contributed by atoms with E-state index < -0.39 is 11.7 Å². The van der Waals surface area contributed by atoms with Gasteiger partial charge in [-0.3, -0.25) is 14.9 Å². The number of aromatic nitrogens is 1. The maximum atomic E-state index is 12.9. The van der Waals surface area contributed by atoms with E-state index in [4.69, 9.17) is 0 Å². The summed E-state index contributed by atoms with van der Waals surface area (Å²) in [4.78, 5) is 10.8. The van der Waals surface area contributed by atoms with E-state index in [1.165, 1.54) is 12.1 Å². The monoisotopic (exact) mass is 547 g/mol. The Labute approximate surface area is 198 Å². The largest absolute Gasteiger partial charge is 0.416 e. The van der Waals surface area contributed by atoms with E-state index in [1.807, 2.05) is 25.2 Å². The first-order valence-corrected chi connectivity index (χ1v) is 10.1. The number of rotatable bonds is 5. The molecular formula is C22H29F3IN5. The van der Waals surface area contributed by atoms with Crippen molar-refractivity contribution in [1.29, 1.82) is 0 Å². The Kier molecular flexibility index (Phi) is 9.54. The molecule has 1 aromatic heterocycles. The first-order valence-electron chi connectivity index (χ1n) is 10.1. The summed E-state index contributed by atoms with van der Waals surface area (Å²) in [6, 6.07) is 11.4. The van der Waals surface area contributed by atoms with Gasteiger partial charge in [0.25, 0.3) is 0 Å². The minimum atomic E-state index is -4.32. The van der Waals surface area contributed by atoms with Crippen molar-refractivity contribution in [3.63, 3.8) is 0 Å². The Morgan fingerprint density at radius 3 is 2.52 bits per heavy atom. The second-order valence-corrected chi connectivity index (χ2v) is 7.58. The number of pyridine rings is 1. The summed E-state index contributed by atoms with van der Waals surface area (Å²) in [5, 5.41) is 6.62. The number of halogens is 4. The third-order valence-corrected chi connectivity index (χ3v) is 5.51. The summed E-state index contributed by atoms with van der Waals surface area (Å²) in [6.07, 6.45) is -0.510. The molecule has 1 aromatic carbocycles. The number of nitrogens with zero attached hydrogens (tertiary/aromatic N) is 3. The van der Waals surface area contributed by atoms with E-state index in [9.17, 15) is 13.2 Å². The third kappa shape index (κ3) is 7.06. The smallest absolute Gasteiger partial charge is 0.356 e. The zero-order valence-electron chi connectivity index (χ0n) is 17.7. The molecule has 0 bridgehead atoms. The number of aliphatic imine (C=N–C) groups is 1. The normalized spacial score (nSPS) is 20.1. The van der Waals surface area contributed by atoms with Crippen LogP contribution >= 0.6 is 24.0 Å². The molecule has 31 heavy (non-hydrogen) atoms. The van der Waals surface area contributed by atoms with Gasteiger partial charge in [0.1, 0.15) is 0 Å². The Balaban J connectivity index is 0.00000341. The molecule has 1 fully saturated rings. The van der Waals surface area contributed by atoms with Crippen LogP contribution in [0, 0.1) is 5.92 Å². The van der Waals surface area contributed by atoms with E-state index in [0.717, 1.165) is 30.6 Å². The molecule has 1 saturated heterocycles. The number of piperidine rings is 1. The van der Waals surface area contributed by atoms with Gasteiger partial charge in [0.05, 0.1) is 17.8 Å². The van der Waals surface area contributed by atoms with Crippen LogP contribution in [0.5, 0.6) is 0 Å². The van der Waals surface area contributed by atoms with Gasteiger partial charge in [-0.2, -0.15) is 13.2 Å². The van der Waals surface area contributed by atoms with Gasteiger partial charge in [-0.15, -0.1) is 24.0 Å². The number of nitrogens with one attached hydrogen (secondary N) is 2. The number of benzene rings is 1. The first kappa shape index (κ1) is 25.4. The molecular weight excluding hydrogens is 518 g/mol. The standard InChI is InChI=1S/C22H28F3N5.HI/c1-26-21(29-15-19-7-3-4-12-27-19)28-14-17-6-5-13-30(2)20(17)16-8-10-18(11-9-16)22(23,24)25;/h3-4,7-12,17,20H,5-6,13-15H2,1-2H3,(H2,26,28,29);1H. The highest BCUT2D eigenvalue weighted by molar-refractivity contribution is 14.0. The third-order valence-electron chi connectivity index (χ3n) is 5.51. The average Bonchev–Trinajstić information content (AvgIpc) is 2.74. The minimum Gasteiger partial charge on any atom is -0.356 e. The number of hydrogen-bond acceptors (Lipinski definition) is 3. The molecule has 0 radical (unpaired) electrons. The van der Waals surface area contributed by atoms with E-state index in [1.54, 1.807) is 25.4 Å². The second kappa shape index (κ2) is 11.7. The number of guanidine groups is 1. The van der Waals surface area contributed by atoms with Crippen LogP contribution < -0.4 is 10.6 Å². The van der Waals surface area contributed by atoms with Gasteiger partial charge in [0, 0.05) is 25.8 Å². The summed E-state index contributed by atoms with van der Waals surface area (Å²) < 4.78 is 38.7. The Bertz CT molecular complexity index is 827. The lowest BCUT2D eigenvalue weighted by Gasteiger charge is -2.40. The number of likely N-dealkylation sites (tertiary alicyclic amines) is 1. The lowest BCUT2D eigenvalue weighted by molar-refractivity contribution is -0.137. The van der Waals surface area contributed by atoms with Crippen molar-refractivity contribution in [2.45, 2.75) is 31.6 Å². The van der Waals surface area contributed by atoms with Gasteiger partial charge in [-0.05, 0) is 62.2 Å². The molecule has 0 aliphatic carbocycles. The molecule has 2 atom stereocenters. The van der Waals surface area contributed by atoms with Gasteiger partial charge in [0.15, 0.2) is 5.96 Å². The van der Waals surface area contributed by atoms with Crippen LogP contribution in [0.3, 0.4) is 0 Å². The van der Waals surface area contributed by atoms with Crippen LogP contribution in [0.25, 0.3) is 0 Å². The molecule has 5 nitrogen and oxygen atoms in total. The fraction of sp³-hybridized carbons (Fsp3) is 0.455. The molecule has 0 saturated carbocycles. The van der Waals surface area contributed by atoms with Crippen molar-refractivity contribution >= 4 is 29.9 Å². The zero-order valence-corrected chi connectivity index (χ0v) is 20.0. The zero-order chi connectivity index (χ0) is 21.6. The number of alkyl halides is 3. The predicted molar refractivity (Wildman–Crippen MR) is 127 cm³/mol. The summed E-state index contributed by atoms with van der Waals surface area (Å²) in [5.41, 5.74) is 1.22. The Morgan fingerprint density at radius 1 is 1.16 bits per heavy atom. The van der Waals surface area contributed by atoms with Crippen molar-refractivity contribution in [1.82, 2.24) is 20.5 Å². The van der Waals surface area contributed by atoms with E-state index >= 15 is 0 Å². The van der Waals surface area contributed by atoms with Crippen molar-refractivity contribution in [2.75, 3.05) is 27.2 Å². The van der Waals surface area contributed by atoms with Crippen LogP contribution in [0.2, 0.25) is 0 Å². The van der Waals surface area contributed by atoms with Crippen molar-refractivity contribution in [2.24, 2.45) is 10.9 Å². The maximum absolute atomic E-state index is 12.9. The van der Waals surface area contributed by atoms with Crippen LogP contribution in [-0.4, -0.2) is 43.0 Å². The summed E-state index contributed by atoms with van der Waals surface area (Å²) in [6.45, 7) is 2.17. The molecule has 2 aromatic rings. The highest BCUT2D eigenvalue weighted by Crippen LogP contribution is 2.36. The topological polar surface area (TPSA) is 52.6 Å². The van der Waals surface area contributed by atoms with Crippen molar-refractivity contribution in [3.05, 3.63) is 65.5 Å². The molecule has 2 heterocycles. The van der Waals surface area contributed by atoms with Crippen LogP contribution in [0.15, 0.2) is 53.7 Å². The summed E-state index contributed by atoms with van der Waals surface area (Å²) in [7, 11) is 3.75. The number of hydrogen-bond donors (Lipinski definition) is 2. The molecule has 2 unspecified atom stereocenters. The molecule has 170 valence electrons. The van der Waals surface area contributed by atoms with Crippen molar-refractivity contribution < 1.29 is 13.2 Å². The SMILES string of the molecule is CN=C(NCc1ccccn1)NCC1CCCN(C)C1c1ccc(C(F)(F)F)cc1.I. The second-order valence-electron chi connectivity index (χ2n) is 7.58. The van der Waals surface area contributed by atoms with Crippen LogP contribution in [-0.2, 0) is 12.7 Å². The van der Waals surface area contributed by atoms with Gasteiger partial charge < -0.3 is 10.6 Å². The molecule has 0 spiro atoms. The van der Waals surface area contributed by atoms with Gasteiger partial charge in [-0.1, -0.05) is 18.2 Å². The van der Waals surface area contributed by atoms with Crippen LogP contribution in [0.4, 0.5) is 13.2 Å². The van der Waals surface area contributed by atoms with Crippen molar-refractivity contribution in [3.8, 4) is 0 Å². The maximum Gasteiger partial charge on any atom is 0.416 e. The Morgan fingerprint density at radius 2 is 1.90 bits per heavy atom.